The quantitative estimate of drug-likeness (QED) is 0.543. The molecule has 0 saturated heterocycles. The monoisotopic (exact) mass is 457 g/mol. The van der Waals surface area contributed by atoms with Crippen molar-refractivity contribution in [3.05, 3.63) is 66.2 Å². The lowest BCUT2D eigenvalue weighted by Crippen LogP contribution is -2.29. The lowest BCUT2D eigenvalue weighted by Gasteiger charge is -2.16. The van der Waals surface area contributed by atoms with Crippen molar-refractivity contribution in [2.75, 3.05) is 18.1 Å². The first-order valence-electron chi connectivity index (χ1n) is 9.63. The Labute approximate surface area is 187 Å². The zero-order valence-corrected chi connectivity index (χ0v) is 18.3. The number of halogens is 1. The number of aliphatic imine (C=N–C) groups is 1. The van der Waals surface area contributed by atoms with Gasteiger partial charge in [0.2, 0.25) is 5.91 Å². The summed E-state index contributed by atoms with van der Waals surface area (Å²) in [6.07, 6.45) is -0.453. The van der Waals surface area contributed by atoms with Gasteiger partial charge in [-0.2, -0.15) is 0 Å². The highest BCUT2D eigenvalue weighted by molar-refractivity contribution is 8.14. The van der Waals surface area contributed by atoms with Gasteiger partial charge in [-0.1, -0.05) is 41.7 Å². The van der Waals surface area contributed by atoms with Crippen molar-refractivity contribution in [2.24, 2.45) is 4.99 Å². The van der Waals surface area contributed by atoms with E-state index in [0.717, 1.165) is 18.0 Å². The van der Waals surface area contributed by atoms with Crippen molar-refractivity contribution in [1.29, 1.82) is 0 Å². The third kappa shape index (κ3) is 5.45. The highest BCUT2D eigenvalue weighted by Gasteiger charge is 2.22. The van der Waals surface area contributed by atoms with Gasteiger partial charge >= 0.3 is 0 Å². The number of amidine groups is 1. The molecule has 2 heterocycles. The Morgan fingerprint density at radius 1 is 1.23 bits per heavy atom. The molecule has 1 aromatic heterocycles. The molecule has 0 fully saturated rings. The molecule has 31 heavy (non-hydrogen) atoms. The molecule has 0 bridgehead atoms. The Kier molecular flexibility index (Phi) is 6.88. The molecular weight excluding hydrogens is 437 g/mol. The third-order valence-corrected chi connectivity index (χ3v) is 6.15. The molecule has 1 atom stereocenters. The van der Waals surface area contributed by atoms with Gasteiger partial charge in [-0.25, -0.2) is 4.39 Å². The van der Waals surface area contributed by atoms with Crippen molar-refractivity contribution in [3.63, 3.8) is 0 Å². The van der Waals surface area contributed by atoms with Crippen molar-refractivity contribution in [3.8, 4) is 11.4 Å². The molecule has 0 radical (unpaired) electrons. The van der Waals surface area contributed by atoms with Crippen LogP contribution < -0.4 is 10.1 Å². The second-order valence-corrected chi connectivity index (χ2v) is 8.62. The first-order chi connectivity index (χ1) is 15.1. The number of thioether (sulfide) groups is 2. The minimum absolute atomic E-state index is 0.141. The highest BCUT2D eigenvalue weighted by Crippen LogP contribution is 2.28. The summed E-state index contributed by atoms with van der Waals surface area (Å²) in [6, 6.07) is 15.5. The van der Waals surface area contributed by atoms with Crippen molar-refractivity contribution in [2.45, 2.75) is 18.2 Å². The van der Waals surface area contributed by atoms with Crippen molar-refractivity contribution in [1.82, 2.24) is 20.1 Å². The zero-order valence-electron chi connectivity index (χ0n) is 16.7. The van der Waals surface area contributed by atoms with E-state index in [1.165, 1.54) is 35.7 Å². The fourth-order valence-corrected chi connectivity index (χ4v) is 4.43. The fraction of sp³-hybridized carbons (Fsp3) is 0.238. The summed E-state index contributed by atoms with van der Waals surface area (Å²) in [7, 11) is 0. The van der Waals surface area contributed by atoms with Crippen molar-refractivity contribution >= 4 is 34.6 Å². The number of carbonyl (C=O) groups is 1. The van der Waals surface area contributed by atoms with E-state index in [4.69, 9.17) is 4.74 Å². The predicted molar refractivity (Wildman–Crippen MR) is 120 cm³/mol. The normalized spacial score (nSPS) is 14.2. The van der Waals surface area contributed by atoms with Gasteiger partial charge in [0.1, 0.15) is 11.6 Å². The Morgan fingerprint density at radius 3 is 2.71 bits per heavy atom. The number of para-hydroxylation sites is 1. The van der Waals surface area contributed by atoms with Crippen LogP contribution in [0.15, 0.2) is 64.7 Å². The van der Waals surface area contributed by atoms with Gasteiger partial charge < -0.3 is 10.1 Å². The Balaban J connectivity index is 1.53. The third-order valence-electron chi connectivity index (χ3n) is 4.33. The van der Waals surface area contributed by atoms with E-state index in [-0.39, 0.29) is 17.5 Å². The molecule has 4 rings (SSSR count). The van der Waals surface area contributed by atoms with E-state index >= 15 is 0 Å². The maximum absolute atomic E-state index is 13.2. The molecule has 1 unspecified atom stereocenters. The molecule has 3 aromatic rings. The van der Waals surface area contributed by atoms with Gasteiger partial charge in [0, 0.05) is 11.4 Å². The zero-order chi connectivity index (χ0) is 21.6. The van der Waals surface area contributed by atoms with Crippen LogP contribution in [0.4, 0.5) is 4.39 Å². The molecule has 7 nitrogen and oxygen atoms in total. The van der Waals surface area contributed by atoms with Gasteiger partial charge in [0.05, 0.1) is 12.3 Å². The second kappa shape index (κ2) is 9.97. The molecule has 1 amide bonds. The molecule has 10 heteroatoms. The highest BCUT2D eigenvalue weighted by atomic mass is 32.2. The van der Waals surface area contributed by atoms with E-state index in [0.29, 0.717) is 21.9 Å². The van der Waals surface area contributed by atoms with E-state index in [9.17, 15) is 9.18 Å². The molecule has 0 aliphatic carbocycles. The number of nitrogens with one attached hydrogen (secondary N) is 1. The molecule has 0 saturated carbocycles. The number of ether oxygens (including phenoxy) is 1. The van der Waals surface area contributed by atoms with Crippen LogP contribution in [-0.2, 0) is 4.79 Å². The Hall–Kier alpha value is -2.85. The fourth-order valence-electron chi connectivity index (χ4n) is 2.92. The van der Waals surface area contributed by atoms with Crippen LogP contribution in [0.2, 0.25) is 0 Å². The second-order valence-electron chi connectivity index (χ2n) is 6.60. The number of hydrogen-bond acceptors (Lipinski definition) is 7. The molecule has 1 aliphatic heterocycles. The van der Waals surface area contributed by atoms with Gasteiger partial charge in [-0.3, -0.25) is 14.4 Å². The lowest BCUT2D eigenvalue weighted by atomic mass is 10.3. The van der Waals surface area contributed by atoms with Gasteiger partial charge in [-0.15, -0.1) is 10.2 Å². The average Bonchev–Trinajstić information content (AvgIpc) is 3.44. The lowest BCUT2D eigenvalue weighted by molar-refractivity contribution is -0.117. The molecule has 1 aliphatic rings. The first-order valence-corrected chi connectivity index (χ1v) is 11.6. The number of benzene rings is 2. The van der Waals surface area contributed by atoms with Crippen LogP contribution in [0, 0.1) is 5.82 Å². The van der Waals surface area contributed by atoms with Crippen LogP contribution >= 0.6 is 23.5 Å². The number of nitrogens with zero attached hydrogens (tertiary/aromatic N) is 4. The van der Waals surface area contributed by atoms with Gasteiger partial charge in [0.15, 0.2) is 22.3 Å². The van der Waals surface area contributed by atoms with Gasteiger partial charge in [0.25, 0.3) is 0 Å². The molecule has 0 spiro atoms. The first kappa shape index (κ1) is 21.4. The number of aromatic nitrogens is 3. The summed E-state index contributed by atoms with van der Waals surface area (Å²) >= 11 is 2.83. The van der Waals surface area contributed by atoms with Crippen LogP contribution in [-0.4, -0.2) is 43.9 Å². The summed E-state index contributed by atoms with van der Waals surface area (Å²) in [5.41, 5.74) is 0.857. The molecular formula is C21H20FN5O2S2. The SMILES string of the molecule is CC(Oc1ccc(F)cc1)c1nnc(SCC(=O)NC2=NCCS2)n1-c1ccccc1. The van der Waals surface area contributed by atoms with Crippen molar-refractivity contribution < 1.29 is 13.9 Å². The van der Waals surface area contributed by atoms with Gasteiger partial charge in [-0.05, 0) is 43.3 Å². The number of rotatable bonds is 7. The smallest absolute Gasteiger partial charge is 0.236 e. The number of amides is 1. The minimum Gasteiger partial charge on any atom is -0.483 e. The van der Waals surface area contributed by atoms with Crippen LogP contribution in [0.3, 0.4) is 0 Å². The number of hydrogen-bond donors (Lipinski definition) is 1. The average molecular weight is 458 g/mol. The largest absolute Gasteiger partial charge is 0.483 e. The summed E-state index contributed by atoms with van der Waals surface area (Å²) in [4.78, 5) is 16.5. The molecule has 2 aromatic carbocycles. The predicted octanol–water partition coefficient (Wildman–Crippen LogP) is 3.86. The number of carbonyl (C=O) groups excluding carboxylic acids is 1. The molecule has 160 valence electrons. The Morgan fingerprint density at radius 2 is 2.00 bits per heavy atom. The summed E-state index contributed by atoms with van der Waals surface area (Å²) < 4.78 is 21.0. The maximum atomic E-state index is 13.2. The summed E-state index contributed by atoms with van der Waals surface area (Å²) in [6.45, 7) is 2.58. The van der Waals surface area contributed by atoms with Crippen LogP contribution in [0.1, 0.15) is 18.9 Å². The maximum Gasteiger partial charge on any atom is 0.236 e. The van der Waals surface area contributed by atoms with E-state index in [2.05, 4.69) is 20.5 Å². The van der Waals surface area contributed by atoms with E-state index in [1.54, 1.807) is 12.1 Å². The summed E-state index contributed by atoms with van der Waals surface area (Å²) in [5, 5.41) is 12.7. The minimum atomic E-state index is -0.453. The van der Waals surface area contributed by atoms with E-state index < -0.39 is 6.10 Å². The molecule has 1 N–H and O–H groups in total. The topological polar surface area (TPSA) is 81.4 Å². The Bertz CT molecular complexity index is 1070. The van der Waals surface area contributed by atoms with E-state index in [1.807, 2.05) is 41.8 Å². The summed E-state index contributed by atoms with van der Waals surface area (Å²) in [5.74, 6) is 1.71. The van der Waals surface area contributed by atoms with Crippen LogP contribution in [0.5, 0.6) is 5.75 Å². The van der Waals surface area contributed by atoms with Crippen LogP contribution in [0.25, 0.3) is 5.69 Å². The standard InChI is InChI=1S/C21H20FN5O2S2/c1-14(29-17-9-7-15(22)8-10-17)19-25-26-21(27(19)16-5-3-2-4-6-16)31-13-18(28)24-20-23-11-12-30-20/h2-10,14H,11-13H2,1H3,(H,23,24,28).